The van der Waals surface area contributed by atoms with E-state index in [0.717, 1.165) is 22.4 Å². The maximum Gasteiger partial charge on any atom is 0.334 e. The van der Waals surface area contributed by atoms with Gasteiger partial charge in [-0.05, 0) is 42.2 Å². The molecule has 2 saturated heterocycles. The number of carbonyl (C=O) groups excluding carboxylic acids is 3. The number of hydrogen-bond donors (Lipinski definition) is 1. The van der Waals surface area contributed by atoms with E-state index in [1.807, 2.05) is 91.9 Å². The predicted octanol–water partition coefficient (Wildman–Crippen LogP) is 3.31. The SMILES string of the molecule is C#CCN1CC(=O)N2[C@@H](Cc3ccccc3)C(=O)N(CCc3ccc(OCC)cc3)C[C@@H]2N1C(=O)NCc1ccccc1. The van der Waals surface area contributed by atoms with E-state index in [0.29, 0.717) is 32.5 Å². The number of nitrogens with zero attached hydrogens (tertiary/aromatic N) is 4. The summed E-state index contributed by atoms with van der Waals surface area (Å²) in [5.74, 6) is 3.02. The molecule has 0 aliphatic carbocycles. The first-order valence-electron chi connectivity index (χ1n) is 14.6. The highest BCUT2D eigenvalue weighted by Gasteiger charge is 2.51. The number of nitrogens with one attached hydrogen (secondary N) is 1. The lowest BCUT2D eigenvalue weighted by atomic mass is 9.98. The molecule has 2 atom stereocenters. The maximum absolute atomic E-state index is 14.0. The minimum Gasteiger partial charge on any atom is -0.494 e. The van der Waals surface area contributed by atoms with E-state index < -0.39 is 12.2 Å². The van der Waals surface area contributed by atoms with E-state index in [9.17, 15) is 14.4 Å². The fraction of sp³-hybridized carbons (Fsp3) is 0.324. The van der Waals surface area contributed by atoms with Crippen LogP contribution in [0.25, 0.3) is 0 Å². The first kappa shape index (κ1) is 29.7. The summed E-state index contributed by atoms with van der Waals surface area (Å²) in [6.45, 7) is 3.44. The van der Waals surface area contributed by atoms with Gasteiger partial charge in [0, 0.05) is 19.5 Å². The van der Waals surface area contributed by atoms with Gasteiger partial charge in [0.15, 0.2) is 0 Å². The van der Waals surface area contributed by atoms with Crippen molar-refractivity contribution in [3.8, 4) is 18.1 Å². The van der Waals surface area contributed by atoms with Crippen molar-refractivity contribution in [2.24, 2.45) is 0 Å². The smallest absolute Gasteiger partial charge is 0.334 e. The summed E-state index contributed by atoms with van der Waals surface area (Å²) in [5.41, 5.74) is 2.94. The monoisotopic (exact) mass is 579 g/mol. The molecule has 0 saturated carbocycles. The number of rotatable bonds is 10. The van der Waals surface area contributed by atoms with Crippen molar-refractivity contribution in [3.05, 3.63) is 102 Å². The van der Waals surface area contributed by atoms with Crippen molar-refractivity contribution < 1.29 is 19.1 Å². The number of benzene rings is 3. The molecule has 2 fully saturated rings. The second-order valence-electron chi connectivity index (χ2n) is 10.6. The van der Waals surface area contributed by atoms with Crippen molar-refractivity contribution in [2.75, 3.05) is 32.8 Å². The Labute approximate surface area is 253 Å². The van der Waals surface area contributed by atoms with Crippen molar-refractivity contribution in [1.82, 2.24) is 25.1 Å². The molecule has 9 heteroatoms. The molecule has 43 heavy (non-hydrogen) atoms. The molecule has 3 aromatic rings. The van der Waals surface area contributed by atoms with Crippen molar-refractivity contribution in [3.63, 3.8) is 0 Å². The molecule has 2 heterocycles. The number of terminal acetylenes is 1. The number of carbonyl (C=O) groups is 3. The molecule has 1 N–H and O–H groups in total. The van der Waals surface area contributed by atoms with E-state index in [-0.39, 0.29) is 37.5 Å². The van der Waals surface area contributed by atoms with E-state index >= 15 is 0 Å². The van der Waals surface area contributed by atoms with Gasteiger partial charge >= 0.3 is 6.03 Å². The summed E-state index contributed by atoms with van der Waals surface area (Å²) in [6.07, 6.45) is 5.92. The van der Waals surface area contributed by atoms with Gasteiger partial charge in [-0.15, -0.1) is 6.42 Å². The number of amides is 4. The molecule has 222 valence electrons. The molecule has 9 nitrogen and oxygen atoms in total. The van der Waals surface area contributed by atoms with E-state index in [1.165, 1.54) is 0 Å². The Morgan fingerprint density at radius 2 is 1.63 bits per heavy atom. The number of hydrazine groups is 1. The van der Waals surface area contributed by atoms with Gasteiger partial charge in [0.1, 0.15) is 18.0 Å². The van der Waals surface area contributed by atoms with Crippen LogP contribution in [0.1, 0.15) is 23.6 Å². The largest absolute Gasteiger partial charge is 0.494 e. The van der Waals surface area contributed by atoms with E-state index in [2.05, 4.69) is 11.2 Å². The van der Waals surface area contributed by atoms with Crippen molar-refractivity contribution >= 4 is 17.8 Å². The molecule has 3 aromatic carbocycles. The molecule has 0 bridgehead atoms. The second kappa shape index (κ2) is 13.9. The van der Waals surface area contributed by atoms with Crippen LogP contribution in [0.3, 0.4) is 0 Å². The Morgan fingerprint density at radius 1 is 0.953 bits per heavy atom. The molecule has 2 aliphatic heterocycles. The van der Waals surface area contributed by atoms with Gasteiger partial charge in [-0.25, -0.2) is 9.80 Å². The zero-order valence-corrected chi connectivity index (χ0v) is 24.4. The lowest BCUT2D eigenvalue weighted by Gasteiger charge is -2.55. The zero-order valence-electron chi connectivity index (χ0n) is 24.4. The summed E-state index contributed by atoms with van der Waals surface area (Å²) in [4.78, 5) is 44.8. The first-order valence-corrected chi connectivity index (χ1v) is 14.6. The number of piperazine rings is 1. The molecule has 0 aromatic heterocycles. The van der Waals surface area contributed by atoms with E-state index in [4.69, 9.17) is 11.2 Å². The van der Waals surface area contributed by atoms with Crippen LogP contribution in [0.2, 0.25) is 0 Å². The van der Waals surface area contributed by atoms with Crippen LogP contribution in [-0.4, -0.2) is 82.7 Å². The topological polar surface area (TPSA) is 85.4 Å². The number of fused-ring (bicyclic) bond motifs is 1. The summed E-state index contributed by atoms with van der Waals surface area (Å²) >= 11 is 0. The van der Waals surface area contributed by atoms with Gasteiger partial charge in [-0.3, -0.25) is 9.59 Å². The molecule has 0 unspecified atom stereocenters. The fourth-order valence-corrected chi connectivity index (χ4v) is 5.71. The Hall–Kier alpha value is -4.81. The molecular weight excluding hydrogens is 542 g/mol. The predicted molar refractivity (Wildman–Crippen MR) is 163 cm³/mol. The normalized spacial score (nSPS) is 18.7. The minimum absolute atomic E-state index is 0.0817. The molecule has 0 spiro atoms. The average molecular weight is 580 g/mol. The Bertz CT molecular complexity index is 1440. The lowest BCUT2D eigenvalue weighted by Crippen LogP contribution is -2.76. The zero-order chi connectivity index (χ0) is 30.2. The van der Waals surface area contributed by atoms with Crippen LogP contribution in [0.15, 0.2) is 84.9 Å². The van der Waals surface area contributed by atoms with Crippen molar-refractivity contribution in [1.29, 1.82) is 0 Å². The lowest BCUT2D eigenvalue weighted by molar-refractivity contribution is -0.188. The number of ether oxygens (including phenoxy) is 1. The van der Waals surface area contributed by atoms with E-state index in [1.54, 1.807) is 19.8 Å². The van der Waals surface area contributed by atoms with Crippen LogP contribution < -0.4 is 10.1 Å². The number of urea groups is 1. The first-order chi connectivity index (χ1) is 21.0. The fourth-order valence-electron chi connectivity index (χ4n) is 5.71. The van der Waals surface area contributed by atoms with Gasteiger partial charge < -0.3 is 19.9 Å². The van der Waals surface area contributed by atoms with Gasteiger partial charge in [0.05, 0.1) is 26.2 Å². The maximum atomic E-state index is 14.0. The van der Waals surface area contributed by atoms with Crippen LogP contribution >= 0.6 is 0 Å². The Morgan fingerprint density at radius 3 is 2.28 bits per heavy atom. The van der Waals surface area contributed by atoms with Gasteiger partial charge in [0.25, 0.3) is 0 Å². The molecular formula is C34H37N5O4. The quantitative estimate of drug-likeness (QED) is 0.373. The van der Waals surface area contributed by atoms with Crippen LogP contribution in [0.4, 0.5) is 4.79 Å². The molecule has 5 rings (SSSR count). The third kappa shape index (κ3) is 6.99. The number of hydrogen-bond acceptors (Lipinski definition) is 5. The molecule has 4 amide bonds. The highest BCUT2D eigenvalue weighted by Crippen LogP contribution is 2.28. The minimum atomic E-state index is -0.758. The molecule has 2 aliphatic rings. The van der Waals surface area contributed by atoms with Gasteiger partial charge in [0.2, 0.25) is 11.8 Å². The highest BCUT2D eigenvalue weighted by atomic mass is 16.5. The Balaban J connectivity index is 1.43. The third-order valence-corrected chi connectivity index (χ3v) is 7.78. The van der Waals surface area contributed by atoms with Crippen LogP contribution in [-0.2, 0) is 29.0 Å². The van der Waals surface area contributed by atoms with Crippen LogP contribution in [0.5, 0.6) is 5.75 Å². The summed E-state index contributed by atoms with van der Waals surface area (Å²) < 4.78 is 5.56. The molecule has 0 radical (unpaired) electrons. The third-order valence-electron chi connectivity index (χ3n) is 7.78. The van der Waals surface area contributed by atoms with Gasteiger partial charge in [-0.1, -0.05) is 78.7 Å². The standard InChI is InChI=1S/C34H37N5O4/c1-3-20-37-25-32(40)38-30(22-27-11-7-5-8-12-27)33(41)36(21-19-26-15-17-29(18-16-26)43-4-2)24-31(38)39(37)34(42)35-23-28-13-9-6-10-14-28/h1,5-18,30-31H,4,19-25H2,2H3,(H,35,42)/t30-,31-/m0/s1. The van der Waals surface area contributed by atoms with Crippen LogP contribution in [0, 0.1) is 12.3 Å². The Kier molecular flexibility index (Phi) is 9.59. The highest BCUT2D eigenvalue weighted by molar-refractivity contribution is 5.91. The second-order valence-corrected chi connectivity index (χ2v) is 10.6. The van der Waals surface area contributed by atoms with Crippen molar-refractivity contribution in [2.45, 2.75) is 38.5 Å². The average Bonchev–Trinajstić information content (AvgIpc) is 3.02. The summed E-state index contributed by atoms with van der Waals surface area (Å²) in [5, 5.41) is 6.13. The summed E-state index contributed by atoms with van der Waals surface area (Å²) in [7, 11) is 0. The van der Waals surface area contributed by atoms with Gasteiger partial charge in [-0.2, -0.15) is 5.01 Å². The summed E-state index contributed by atoms with van der Waals surface area (Å²) in [6, 6.07) is 26.0.